The van der Waals surface area contributed by atoms with Crippen molar-refractivity contribution in [3.8, 4) is 6.07 Å². The number of hydrogen-bond acceptors (Lipinski definition) is 5. The maximum Gasteiger partial charge on any atom is 0.357 e. The molecular formula is C15H11N3O3. The summed E-state index contributed by atoms with van der Waals surface area (Å²) in [6, 6.07) is 11.1. The zero-order valence-electron chi connectivity index (χ0n) is 10.9. The summed E-state index contributed by atoms with van der Waals surface area (Å²) in [4.78, 5) is 23.6. The number of rotatable bonds is 1. The maximum absolute atomic E-state index is 11.9. The van der Waals surface area contributed by atoms with Crippen molar-refractivity contribution in [2.45, 2.75) is 12.3 Å². The second-order valence-electron chi connectivity index (χ2n) is 4.74. The van der Waals surface area contributed by atoms with Gasteiger partial charge in [0.2, 0.25) is 11.8 Å². The van der Waals surface area contributed by atoms with E-state index in [4.69, 9.17) is 15.4 Å². The zero-order chi connectivity index (χ0) is 15.0. The van der Waals surface area contributed by atoms with E-state index in [0.29, 0.717) is 5.56 Å². The quantitative estimate of drug-likeness (QED) is 0.824. The van der Waals surface area contributed by atoms with Crippen LogP contribution in [0.5, 0.6) is 0 Å². The monoisotopic (exact) mass is 281 g/mol. The molecule has 0 saturated heterocycles. The fraction of sp³-hybridized carbons (Fsp3) is 0.133. The van der Waals surface area contributed by atoms with Crippen molar-refractivity contribution in [3.63, 3.8) is 0 Å². The van der Waals surface area contributed by atoms with Gasteiger partial charge >= 0.3 is 5.63 Å². The molecule has 104 valence electrons. The van der Waals surface area contributed by atoms with Crippen LogP contribution in [-0.4, -0.2) is 5.91 Å². The first kappa shape index (κ1) is 12.9. The van der Waals surface area contributed by atoms with Gasteiger partial charge in [0.15, 0.2) is 5.56 Å². The minimum atomic E-state index is -0.845. The van der Waals surface area contributed by atoms with Gasteiger partial charge in [0, 0.05) is 17.9 Å². The molecule has 0 radical (unpaired) electrons. The van der Waals surface area contributed by atoms with E-state index in [1.54, 1.807) is 6.07 Å². The first-order chi connectivity index (χ1) is 10.1. The summed E-state index contributed by atoms with van der Waals surface area (Å²) in [5.41, 5.74) is 6.26. The number of carbonyl (C=O) groups excluding carboxylic acids is 1. The number of hydrogen-bond donors (Lipinski definition) is 2. The number of nitriles is 1. The van der Waals surface area contributed by atoms with E-state index in [9.17, 15) is 9.59 Å². The highest BCUT2D eigenvalue weighted by Crippen LogP contribution is 2.40. The summed E-state index contributed by atoms with van der Waals surface area (Å²) in [6.45, 7) is 0. The van der Waals surface area contributed by atoms with E-state index in [-0.39, 0.29) is 35.4 Å². The van der Waals surface area contributed by atoms with Gasteiger partial charge in [0.05, 0.1) is 5.69 Å². The first-order valence-electron chi connectivity index (χ1n) is 6.33. The van der Waals surface area contributed by atoms with E-state index < -0.39 is 5.63 Å². The van der Waals surface area contributed by atoms with Gasteiger partial charge in [-0.2, -0.15) is 5.26 Å². The van der Waals surface area contributed by atoms with Gasteiger partial charge in [0.25, 0.3) is 0 Å². The van der Waals surface area contributed by atoms with Gasteiger partial charge in [0.1, 0.15) is 6.07 Å². The Morgan fingerprint density at radius 1 is 1.29 bits per heavy atom. The Labute approximate surface area is 119 Å². The van der Waals surface area contributed by atoms with Crippen LogP contribution in [0.3, 0.4) is 0 Å². The smallest absolute Gasteiger partial charge is 0.357 e. The van der Waals surface area contributed by atoms with Crippen molar-refractivity contribution in [3.05, 3.63) is 57.4 Å². The lowest BCUT2D eigenvalue weighted by atomic mass is 9.84. The Morgan fingerprint density at radius 3 is 2.67 bits per heavy atom. The van der Waals surface area contributed by atoms with Gasteiger partial charge in [-0.05, 0) is 5.56 Å². The van der Waals surface area contributed by atoms with Crippen LogP contribution in [-0.2, 0) is 4.79 Å². The Morgan fingerprint density at radius 2 is 2.00 bits per heavy atom. The molecule has 0 unspecified atom stereocenters. The number of nitrogens with two attached hydrogens (primary N) is 1. The molecule has 1 atom stereocenters. The Bertz CT molecular complexity index is 819. The Kier molecular flexibility index (Phi) is 2.95. The molecule has 2 aromatic rings. The van der Waals surface area contributed by atoms with E-state index in [1.807, 2.05) is 30.3 Å². The predicted octanol–water partition coefficient (Wildman–Crippen LogP) is 1.57. The van der Waals surface area contributed by atoms with E-state index in [1.165, 1.54) is 0 Å². The minimum Gasteiger partial charge on any atom is -0.406 e. The molecular weight excluding hydrogens is 270 g/mol. The molecule has 6 heteroatoms. The van der Waals surface area contributed by atoms with Crippen molar-refractivity contribution in [2.24, 2.45) is 0 Å². The normalized spacial score (nSPS) is 16.7. The molecule has 1 aliphatic heterocycles. The van der Waals surface area contributed by atoms with Crippen LogP contribution in [0.2, 0.25) is 0 Å². The highest BCUT2D eigenvalue weighted by Gasteiger charge is 2.33. The van der Waals surface area contributed by atoms with E-state index >= 15 is 0 Å². The molecule has 2 heterocycles. The molecule has 1 aliphatic rings. The number of anilines is 2. The van der Waals surface area contributed by atoms with Gasteiger partial charge in [-0.3, -0.25) is 4.79 Å². The standard InChI is InChI=1S/C15H11N3O3/c16-7-10-13-12(14(17)21-15(10)20)9(6-11(19)18-13)8-4-2-1-3-5-8/h1-5,9H,6,17H2,(H,18,19)/t9-/m0/s1. The third kappa shape index (κ3) is 2.05. The van der Waals surface area contributed by atoms with Crippen molar-refractivity contribution in [2.75, 3.05) is 11.1 Å². The number of benzene rings is 1. The molecule has 0 fully saturated rings. The number of nitrogen functional groups attached to an aromatic ring is 1. The molecule has 1 aromatic heterocycles. The van der Waals surface area contributed by atoms with Crippen LogP contribution in [0.4, 0.5) is 11.6 Å². The molecule has 1 amide bonds. The molecule has 0 aliphatic carbocycles. The van der Waals surface area contributed by atoms with Crippen LogP contribution < -0.4 is 16.7 Å². The van der Waals surface area contributed by atoms with Crippen LogP contribution in [0.1, 0.15) is 29.0 Å². The topological polar surface area (TPSA) is 109 Å². The lowest BCUT2D eigenvalue weighted by Crippen LogP contribution is -2.28. The van der Waals surface area contributed by atoms with Crippen LogP contribution >= 0.6 is 0 Å². The van der Waals surface area contributed by atoms with Crippen LogP contribution in [0, 0.1) is 11.3 Å². The maximum atomic E-state index is 11.9. The van der Waals surface area contributed by atoms with Crippen molar-refractivity contribution in [1.29, 1.82) is 5.26 Å². The minimum absolute atomic E-state index is 0.0668. The molecule has 0 spiro atoms. The highest BCUT2D eigenvalue weighted by atomic mass is 16.4. The first-order valence-corrected chi connectivity index (χ1v) is 6.33. The Hall–Kier alpha value is -3.07. The predicted molar refractivity (Wildman–Crippen MR) is 75.6 cm³/mol. The third-order valence-electron chi connectivity index (χ3n) is 3.51. The van der Waals surface area contributed by atoms with E-state index in [0.717, 1.165) is 5.56 Å². The number of amides is 1. The van der Waals surface area contributed by atoms with Gasteiger partial charge in [-0.15, -0.1) is 0 Å². The second kappa shape index (κ2) is 4.80. The average molecular weight is 281 g/mol. The van der Waals surface area contributed by atoms with Crippen LogP contribution in [0.25, 0.3) is 0 Å². The molecule has 0 bridgehead atoms. The fourth-order valence-corrected chi connectivity index (χ4v) is 2.59. The van der Waals surface area contributed by atoms with Crippen molar-refractivity contribution in [1.82, 2.24) is 0 Å². The van der Waals surface area contributed by atoms with Gasteiger partial charge in [-0.25, -0.2) is 4.79 Å². The summed E-state index contributed by atoms with van der Waals surface area (Å²) >= 11 is 0. The molecule has 3 rings (SSSR count). The highest BCUT2D eigenvalue weighted by molar-refractivity contribution is 5.97. The zero-order valence-corrected chi connectivity index (χ0v) is 10.9. The van der Waals surface area contributed by atoms with E-state index in [2.05, 4.69) is 5.32 Å². The second-order valence-corrected chi connectivity index (χ2v) is 4.74. The fourth-order valence-electron chi connectivity index (χ4n) is 2.59. The molecule has 3 N–H and O–H groups in total. The van der Waals surface area contributed by atoms with Crippen LogP contribution in [0.15, 0.2) is 39.5 Å². The molecule has 0 saturated carbocycles. The SMILES string of the molecule is N#Cc1c2c(c(N)oc1=O)[C@H](c1ccccc1)CC(=O)N2. The van der Waals surface area contributed by atoms with Gasteiger partial charge in [-0.1, -0.05) is 30.3 Å². The summed E-state index contributed by atoms with van der Waals surface area (Å²) in [5.74, 6) is -0.674. The molecule has 21 heavy (non-hydrogen) atoms. The number of nitrogens with zero attached hydrogens (tertiary/aromatic N) is 1. The summed E-state index contributed by atoms with van der Waals surface area (Å²) in [5, 5.41) is 11.7. The number of fused-ring (bicyclic) bond motifs is 1. The largest absolute Gasteiger partial charge is 0.406 e. The Balaban J connectivity index is 2.29. The summed E-state index contributed by atoms with van der Waals surface area (Å²) in [7, 11) is 0. The lowest BCUT2D eigenvalue weighted by molar-refractivity contribution is -0.116. The molecule has 6 nitrogen and oxygen atoms in total. The average Bonchev–Trinajstić information content (AvgIpc) is 2.47. The summed E-state index contributed by atoms with van der Waals surface area (Å²) in [6.07, 6.45) is 0.180. The molecule has 1 aromatic carbocycles. The summed E-state index contributed by atoms with van der Waals surface area (Å²) < 4.78 is 4.93. The number of carbonyl (C=O) groups is 1. The lowest BCUT2D eigenvalue weighted by Gasteiger charge is -2.26. The number of nitrogens with one attached hydrogen (secondary N) is 1. The van der Waals surface area contributed by atoms with Gasteiger partial charge < -0.3 is 15.5 Å². The van der Waals surface area contributed by atoms with Crippen molar-refractivity contribution >= 4 is 17.5 Å². The van der Waals surface area contributed by atoms with Crippen molar-refractivity contribution < 1.29 is 9.21 Å². The third-order valence-corrected chi connectivity index (χ3v) is 3.51.